The van der Waals surface area contributed by atoms with E-state index in [1.165, 1.54) is 16.7 Å². The third-order valence-electron chi connectivity index (χ3n) is 3.71. The molecular formula is C19H25ClN2O. The monoisotopic (exact) mass is 332 g/mol. The Bertz CT molecular complexity index is 678. The van der Waals surface area contributed by atoms with Gasteiger partial charge < -0.3 is 11.1 Å². The van der Waals surface area contributed by atoms with E-state index in [2.05, 4.69) is 37.4 Å². The molecule has 2 rings (SSSR count). The number of nitrogens with two attached hydrogens (primary N) is 1. The summed E-state index contributed by atoms with van der Waals surface area (Å²) in [7, 11) is 0. The molecule has 0 fully saturated rings. The van der Waals surface area contributed by atoms with Gasteiger partial charge in [-0.2, -0.15) is 0 Å². The van der Waals surface area contributed by atoms with Crippen molar-refractivity contribution in [3.63, 3.8) is 0 Å². The highest BCUT2D eigenvalue weighted by atomic mass is 35.5. The smallest absolute Gasteiger partial charge is 0.251 e. The fourth-order valence-electron chi connectivity index (χ4n) is 2.78. The Morgan fingerprint density at radius 3 is 2.30 bits per heavy atom. The maximum atomic E-state index is 12.4. The van der Waals surface area contributed by atoms with E-state index < -0.39 is 0 Å². The molecule has 3 nitrogen and oxygen atoms in total. The van der Waals surface area contributed by atoms with Crippen molar-refractivity contribution < 1.29 is 4.79 Å². The van der Waals surface area contributed by atoms with Crippen molar-refractivity contribution in [3.8, 4) is 0 Å². The van der Waals surface area contributed by atoms with Crippen LogP contribution in [-0.2, 0) is 6.42 Å². The van der Waals surface area contributed by atoms with Crippen LogP contribution in [0.4, 0.5) is 5.69 Å². The summed E-state index contributed by atoms with van der Waals surface area (Å²) < 4.78 is 0. The van der Waals surface area contributed by atoms with Crippen LogP contribution in [0.15, 0.2) is 36.4 Å². The molecule has 1 atom stereocenters. The van der Waals surface area contributed by atoms with Crippen molar-refractivity contribution in [3.05, 3.63) is 64.2 Å². The predicted molar refractivity (Wildman–Crippen MR) is 99.4 cm³/mol. The molecule has 124 valence electrons. The van der Waals surface area contributed by atoms with E-state index >= 15 is 0 Å². The minimum absolute atomic E-state index is 0. The Kier molecular flexibility index (Phi) is 6.64. The van der Waals surface area contributed by atoms with Crippen LogP contribution in [0.5, 0.6) is 0 Å². The molecule has 1 amide bonds. The minimum atomic E-state index is -0.0679. The first-order chi connectivity index (χ1) is 10.3. The fraction of sp³-hybridized carbons (Fsp3) is 0.316. The van der Waals surface area contributed by atoms with Gasteiger partial charge in [0.25, 0.3) is 5.91 Å². The number of anilines is 1. The van der Waals surface area contributed by atoms with E-state index in [0.717, 1.165) is 12.0 Å². The molecule has 0 aliphatic rings. The van der Waals surface area contributed by atoms with Crippen molar-refractivity contribution in [2.24, 2.45) is 0 Å². The summed E-state index contributed by atoms with van der Waals surface area (Å²) in [4.78, 5) is 12.4. The number of carbonyl (C=O) groups is 1. The first kappa shape index (κ1) is 19.0. The Morgan fingerprint density at radius 2 is 1.70 bits per heavy atom. The Balaban J connectivity index is 0.00000264. The highest BCUT2D eigenvalue weighted by Crippen LogP contribution is 2.14. The van der Waals surface area contributed by atoms with Crippen LogP contribution in [0.1, 0.15) is 39.5 Å². The summed E-state index contributed by atoms with van der Waals surface area (Å²) in [5, 5.41) is 3.06. The lowest BCUT2D eigenvalue weighted by Crippen LogP contribution is -2.34. The van der Waals surface area contributed by atoms with Crippen LogP contribution in [-0.4, -0.2) is 11.9 Å². The quantitative estimate of drug-likeness (QED) is 0.832. The molecule has 3 N–H and O–H groups in total. The van der Waals surface area contributed by atoms with Gasteiger partial charge in [0, 0.05) is 17.3 Å². The Labute approximate surface area is 144 Å². The highest BCUT2D eigenvalue weighted by molar-refractivity contribution is 5.96. The van der Waals surface area contributed by atoms with Crippen LogP contribution in [0, 0.1) is 20.8 Å². The van der Waals surface area contributed by atoms with Gasteiger partial charge in [0.1, 0.15) is 0 Å². The normalized spacial score (nSPS) is 11.5. The van der Waals surface area contributed by atoms with Crippen LogP contribution in [0.2, 0.25) is 0 Å². The average molecular weight is 333 g/mol. The molecule has 0 aliphatic heterocycles. The molecule has 4 heteroatoms. The molecule has 0 radical (unpaired) electrons. The minimum Gasteiger partial charge on any atom is -0.399 e. The van der Waals surface area contributed by atoms with E-state index in [1.54, 1.807) is 6.07 Å². The zero-order chi connectivity index (χ0) is 16.3. The molecule has 0 aromatic heterocycles. The summed E-state index contributed by atoms with van der Waals surface area (Å²) in [6.45, 7) is 8.13. The van der Waals surface area contributed by atoms with Gasteiger partial charge in [0.2, 0.25) is 0 Å². The maximum absolute atomic E-state index is 12.4. The number of benzene rings is 2. The largest absolute Gasteiger partial charge is 0.399 e. The number of aryl methyl sites for hydroxylation is 3. The molecule has 2 aromatic rings. The second-order valence-corrected chi connectivity index (χ2v) is 6.15. The van der Waals surface area contributed by atoms with Crippen LogP contribution in [0.3, 0.4) is 0 Å². The zero-order valence-electron chi connectivity index (χ0n) is 14.1. The number of nitrogen functional groups attached to an aromatic ring is 1. The summed E-state index contributed by atoms with van der Waals surface area (Å²) in [6.07, 6.45) is 0.815. The number of hydrogen-bond acceptors (Lipinski definition) is 2. The van der Waals surface area contributed by atoms with Crippen molar-refractivity contribution in [1.82, 2.24) is 5.32 Å². The van der Waals surface area contributed by atoms with Gasteiger partial charge in [-0.05, 0) is 57.4 Å². The van der Waals surface area contributed by atoms with Gasteiger partial charge in [0.05, 0.1) is 0 Å². The highest BCUT2D eigenvalue weighted by Gasteiger charge is 2.13. The van der Waals surface area contributed by atoms with Gasteiger partial charge in [-0.1, -0.05) is 35.4 Å². The lowest BCUT2D eigenvalue weighted by atomic mass is 10.0. The van der Waals surface area contributed by atoms with E-state index in [9.17, 15) is 4.79 Å². The van der Waals surface area contributed by atoms with E-state index in [-0.39, 0.29) is 24.4 Å². The van der Waals surface area contributed by atoms with Gasteiger partial charge in [-0.3, -0.25) is 4.79 Å². The lowest BCUT2D eigenvalue weighted by molar-refractivity contribution is 0.0939. The van der Waals surface area contributed by atoms with Crippen molar-refractivity contribution >= 4 is 24.0 Å². The summed E-state index contributed by atoms with van der Waals surface area (Å²) in [6, 6.07) is 12.0. The second kappa shape index (κ2) is 8.02. The molecule has 0 saturated carbocycles. The van der Waals surface area contributed by atoms with Gasteiger partial charge in [0.15, 0.2) is 0 Å². The van der Waals surface area contributed by atoms with Gasteiger partial charge >= 0.3 is 0 Å². The molecule has 0 heterocycles. The van der Waals surface area contributed by atoms with Crippen molar-refractivity contribution in [1.29, 1.82) is 0 Å². The zero-order valence-corrected chi connectivity index (χ0v) is 15.0. The van der Waals surface area contributed by atoms with E-state index in [4.69, 9.17) is 5.73 Å². The number of nitrogens with one attached hydrogen (secondary N) is 1. The van der Waals surface area contributed by atoms with Crippen molar-refractivity contribution in [2.45, 2.75) is 40.2 Å². The van der Waals surface area contributed by atoms with Gasteiger partial charge in [-0.15, -0.1) is 12.4 Å². The average Bonchev–Trinajstić information content (AvgIpc) is 2.39. The number of amides is 1. The van der Waals surface area contributed by atoms with Crippen LogP contribution >= 0.6 is 12.4 Å². The molecule has 1 unspecified atom stereocenters. The standard InChI is InChI=1S/C19H24N2O.ClH/c1-12-7-13(2)9-16(8-12)10-15(4)21-19(22)18-11-17(20)6-5-14(18)3;/h5-9,11,15H,10,20H2,1-4H3,(H,21,22);1H. The number of hydrogen-bond donors (Lipinski definition) is 2. The topological polar surface area (TPSA) is 55.1 Å². The Hall–Kier alpha value is -2.00. The Morgan fingerprint density at radius 1 is 1.09 bits per heavy atom. The lowest BCUT2D eigenvalue weighted by Gasteiger charge is -2.16. The number of halogens is 1. The third-order valence-corrected chi connectivity index (χ3v) is 3.71. The molecule has 0 spiro atoms. The second-order valence-electron chi connectivity index (χ2n) is 6.15. The number of rotatable bonds is 4. The first-order valence-electron chi connectivity index (χ1n) is 7.59. The SMILES string of the molecule is Cc1cc(C)cc(CC(C)NC(=O)c2cc(N)ccc2C)c1.Cl. The molecule has 23 heavy (non-hydrogen) atoms. The first-order valence-corrected chi connectivity index (χ1v) is 7.59. The molecule has 0 saturated heterocycles. The summed E-state index contributed by atoms with van der Waals surface area (Å²) in [5.41, 5.74) is 11.7. The number of carbonyl (C=O) groups excluding carboxylic acids is 1. The summed E-state index contributed by atoms with van der Waals surface area (Å²) >= 11 is 0. The van der Waals surface area contributed by atoms with Gasteiger partial charge in [-0.25, -0.2) is 0 Å². The van der Waals surface area contributed by atoms with Crippen LogP contribution < -0.4 is 11.1 Å². The fourth-order valence-corrected chi connectivity index (χ4v) is 2.78. The molecule has 0 aliphatic carbocycles. The van der Waals surface area contributed by atoms with E-state index in [1.807, 2.05) is 26.0 Å². The summed E-state index contributed by atoms with van der Waals surface area (Å²) in [5.74, 6) is -0.0679. The van der Waals surface area contributed by atoms with E-state index in [0.29, 0.717) is 11.3 Å². The van der Waals surface area contributed by atoms with Crippen molar-refractivity contribution in [2.75, 3.05) is 5.73 Å². The molecule has 0 bridgehead atoms. The maximum Gasteiger partial charge on any atom is 0.251 e. The predicted octanol–water partition coefficient (Wildman–Crippen LogP) is 3.98. The molecule has 2 aromatic carbocycles. The third kappa shape index (κ3) is 5.29. The molecular weight excluding hydrogens is 308 g/mol. The van der Waals surface area contributed by atoms with Crippen LogP contribution in [0.25, 0.3) is 0 Å².